The Kier molecular flexibility index (Phi) is 3.95. The van der Waals surface area contributed by atoms with Gasteiger partial charge in [-0.1, -0.05) is 30.3 Å². The average molecular weight is 335 g/mol. The van der Waals surface area contributed by atoms with Crippen molar-refractivity contribution >= 4 is 11.6 Å². The van der Waals surface area contributed by atoms with Crippen molar-refractivity contribution in [2.75, 3.05) is 18.5 Å². The average Bonchev–Trinajstić information content (AvgIpc) is 3.06. The minimum Gasteiger partial charge on any atom is -0.482 e. The van der Waals surface area contributed by atoms with Gasteiger partial charge in [0.1, 0.15) is 11.4 Å². The lowest BCUT2D eigenvalue weighted by molar-refractivity contribution is -0.118. The maximum atomic E-state index is 11.6. The van der Waals surface area contributed by atoms with Gasteiger partial charge in [-0.25, -0.2) is 0 Å². The lowest BCUT2D eigenvalue weighted by atomic mass is 10.0. The number of amides is 1. The van der Waals surface area contributed by atoms with Gasteiger partial charge in [-0.15, -0.1) is 0 Å². The highest BCUT2D eigenvalue weighted by molar-refractivity contribution is 5.96. The van der Waals surface area contributed by atoms with Crippen LogP contribution < -0.4 is 10.1 Å². The first-order chi connectivity index (χ1) is 12.2. The van der Waals surface area contributed by atoms with Gasteiger partial charge < -0.3 is 15.2 Å². The molecule has 0 atom stereocenters. The van der Waals surface area contributed by atoms with Crippen LogP contribution in [0.1, 0.15) is 0 Å². The molecule has 1 aliphatic rings. The van der Waals surface area contributed by atoms with E-state index in [1.54, 1.807) is 4.68 Å². The number of aliphatic hydroxyl groups is 1. The SMILES string of the molecule is O=C1COc2ccc(-c3nn(CCO)cc3-c3ccccc3)cc2N1. The summed E-state index contributed by atoms with van der Waals surface area (Å²) in [5.74, 6) is 0.484. The monoisotopic (exact) mass is 335 g/mol. The number of rotatable bonds is 4. The molecule has 2 aromatic carbocycles. The first-order valence-corrected chi connectivity index (χ1v) is 8.05. The zero-order valence-electron chi connectivity index (χ0n) is 13.5. The molecule has 0 fully saturated rings. The number of carbonyl (C=O) groups excluding carboxylic acids is 1. The summed E-state index contributed by atoms with van der Waals surface area (Å²) in [5, 5.41) is 16.7. The number of anilines is 1. The fourth-order valence-electron chi connectivity index (χ4n) is 2.91. The molecule has 6 heteroatoms. The molecule has 3 aromatic rings. The molecule has 0 saturated carbocycles. The third-order valence-electron chi connectivity index (χ3n) is 4.06. The number of carbonyl (C=O) groups is 1. The van der Waals surface area contributed by atoms with Crippen LogP contribution >= 0.6 is 0 Å². The summed E-state index contributed by atoms with van der Waals surface area (Å²) in [4.78, 5) is 11.6. The van der Waals surface area contributed by atoms with Crippen LogP contribution in [-0.2, 0) is 11.3 Å². The maximum Gasteiger partial charge on any atom is 0.262 e. The van der Waals surface area contributed by atoms with Crippen molar-refractivity contribution in [3.05, 3.63) is 54.7 Å². The molecule has 0 bridgehead atoms. The highest BCUT2D eigenvalue weighted by Gasteiger charge is 2.19. The fourth-order valence-corrected chi connectivity index (χ4v) is 2.91. The van der Waals surface area contributed by atoms with Crippen molar-refractivity contribution in [1.29, 1.82) is 0 Å². The predicted molar refractivity (Wildman–Crippen MR) is 94.3 cm³/mol. The lowest BCUT2D eigenvalue weighted by Gasteiger charge is -2.18. The molecular weight excluding hydrogens is 318 g/mol. The molecule has 0 unspecified atom stereocenters. The Morgan fingerprint density at radius 2 is 2.00 bits per heavy atom. The van der Waals surface area contributed by atoms with Crippen molar-refractivity contribution in [3.63, 3.8) is 0 Å². The fraction of sp³-hybridized carbons (Fsp3) is 0.158. The second-order valence-electron chi connectivity index (χ2n) is 5.79. The minimum atomic E-state index is -0.168. The van der Waals surface area contributed by atoms with E-state index in [0.717, 1.165) is 22.4 Å². The van der Waals surface area contributed by atoms with Crippen LogP contribution in [0.5, 0.6) is 5.75 Å². The van der Waals surface area contributed by atoms with Crippen LogP contribution in [0.15, 0.2) is 54.7 Å². The molecule has 25 heavy (non-hydrogen) atoms. The maximum absolute atomic E-state index is 11.6. The molecule has 2 heterocycles. The van der Waals surface area contributed by atoms with Gasteiger partial charge in [-0.05, 0) is 23.8 Å². The topological polar surface area (TPSA) is 76.4 Å². The largest absolute Gasteiger partial charge is 0.482 e. The standard InChI is InChI=1S/C19H17N3O3/c23-9-8-22-11-15(13-4-2-1-3-5-13)19(21-22)14-6-7-17-16(10-14)20-18(24)12-25-17/h1-7,10-11,23H,8-9,12H2,(H,20,24). The van der Waals surface area contributed by atoms with Gasteiger partial charge >= 0.3 is 0 Å². The Bertz CT molecular complexity index is 919. The molecule has 0 aliphatic carbocycles. The molecule has 2 N–H and O–H groups in total. The Labute approximate surface area is 144 Å². The highest BCUT2D eigenvalue weighted by Crippen LogP contribution is 2.36. The number of ether oxygens (including phenoxy) is 1. The van der Waals surface area contributed by atoms with Crippen molar-refractivity contribution in [1.82, 2.24) is 9.78 Å². The van der Waals surface area contributed by atoms with Gasteiger partial charge in [0.05, 0.1) is 18.8 Å². The van der Waals surface area contributed by atoms with Crippen LogP contribution in [0, 0.1) is 0 Å². The van der Waals surface area contributed by atoms with Gasteiger partial charge in [0, 0.05) is 17.3 Å². The van der Waals surface area contributed by atoms with E-state index in [2.05, 4.69) is 10.4 Å². The van der Waals surface area contributed by atoms with E-state index in [9.17, 15) is 9.90 Å². The quantitative estimate of drug-likeness (QED) is 0.768. The smallest absolute Gasteiger partial charge is 0.262 e. The van der Waals surface area contributed by atoms with Crippen LogP contribution in [0.4, 0.5) is 5.69 Å². The van der Waals surface area contributed by atoms with Crippen molar-refractivity contribution < 1.29 is 14.6 Å². The molecular formula is C19H17N3O3. The van der Waals surface area contributed by atoms with E-state index >= 15 is 0 Å². The number of fused-ring (bicyclic) bond motifs is 1. The lowest BCUT2D eigenvalue weighted by Crippen LogP contribution is -2.25. The van der Waals surface area contributed by atoms with E-state index in [0.29, 0.717) is 18.0 Å². The Hall–Kier alpha value is -3.12. The van der Waals surface area contributed by atoms with Crippen LogP contribution in [-0.4, -0.2) is 34.0 Å². The Balaban J connectivity index is 1.82. The zero-order valence-corrected chi connectivity index (χ0v) is 13.5. The van der Waals surface area contributed by atoms with Gasteiger partial charge in [-0.3, -0.25) is 9.48 Å². The van der Waals surface area contributed by atoms with Crippen LogP contribution in [0.25, 0.3) is 22.4 Å². The zero-order chi connectivity index (χ0) is 17.2. The molecule has 0 spiro atoms. The minimum absolute atomic E-state index is 0.0173. The normalized spacial score (nSPS) is 13.1. The summed E-state index contributed by atoms with van der Waals surface area (Å²) in [7, 11) is 0. The summed E-state index contributed by atoms with van der Waals surface area (Å²) in [6, 6.07) is 15.6. The van der Waals surface area contributed by atoms with Gasteiger partial charge in [0.25, 0.3) is 5.91 Å². The van der Waals surface area contributed by atoms with Crippen molar-refractivity contribution in [2.45, 2.75) is 6.54 Å². The number of aliphatic hydroxyl groups excluding tert-OH is 1. The van der Waals surface area contributed by atoms with E-state index < -0.39 is 0 Å². The number of aromatic nitrogens is 2. The summed E-state index contributed by atoms with van der Waals surface area (Å²) in [6.07, 6.45) is 1.93. The van der Waals surface area contributed by atoms with Crippen LogP contribution in [0.3, 0.4) is 0 Å². The second kappa shape index (κ2) is 6.41. The number of nitrogens with zero attached hydrogens (tertiary/aromatic N) is 2. The first-order valence-electron chi connectivity index (χ1n) is 8.05. The molecule has 1 amide bonds. The molecule has 4 rings (SSSR count). The van der Waals surface area contributed by atoms with Crippen LogP contribution in [0.2, 0.25) is 0 Å². The van der Waals surface area contributed by atoms with Gasteiger partial charge in [-0.2, -0.15) is 5.10 Å². The van der Waals surface area contributed by atoms with E-state index in [1.165, 1.54) is 0 Å². The van der Waals surface area contributed by atoms with E-state index in [1.807, 2.05) is 54.7 Å². The summed E-state index contributed by atoms with van der Waals surface area (Å²) in [5.41, 5.74) is 4.32. The molecule has 1 aromatic heterocycles. The third-order valence-corrected chi connectivity index (χ3v) is 4.06. The molecule has 1 aliphatic heterocycles. The molecule has 6 nitrogen and oxygen atoms in total. The molecule has 126 valence electrons. The Morgan fingerprint density at radius 3 is 2.80 bits per heavy atom. The van der Waals surface area contributed by atoms with Gasteiger partial charge in [0.15, 0.2) is 6.61 Å². The van der Waals surface area contributed by atoms with E-state index in [4.69, 9.17) is 4.74 Å². The number of hydrogen-bond donors (Lipinski definition) is 2. The Morgan fingerprint density at radius 1 is 1.16 bits per heavy atom. The van der Waals surface area contributed by atoms with E-state index in [-0.39, 0.29) is 19.1 Å². The second-order valence-corrected chi connectivity index (χ2v) is 5.79. The first kappa shape index (κ1) is 15.4. The number of nitrogens with one attached hydrogen (secondary N) is 1. The van der Waals surface area contributed by atoms with Crippen molar-refractivity contribution in [2.24, 2.45) is 0 Å². The summed E-state index contributed by atoms with van der Waals surface area (Å²) in [6.45, 7) is 0.473. The molecule has 0 saturated heterocycles. The molecule has 0 radical (unpaired) electrons. The van der Waals surface area contributed by atoms with Crippen molar-refractivity contribution in [3.8, 4) is 28.1 Å². The predicted octanol–water partition coefficient (Wildman–Crippen LogP) is 2.54. The summed E-state index contributed by atoms with van der Waals surface area (Å²) < 4.78 is 7.14. The highest BCUT2D eigenvalue weighted by atomic mass is 16.5. The van der Waals surface area contributed by atoms with Gasteiger partial charge in [0.2, 0.25) is 0 Å². The number of benzene rings is 2. The summed E-state index contributed by atoms with van der Waals surface area (Å²) >= 11 is 0. The third kappa shape index (κ3) is 2.99. The number of hydrogen-bond acceptors (Lipinski definition) is 4.